The van der Waals surface area contributed by atoms with Gasteiger partial charge in [-0.3, -0.25) is 14.7 Å². The van der Waals surface area contributed by atoms with E-state index in [9.17, 15) is 14.4 Å². The van der Waals surface area contributed by atoms with Gasteiger partial charge in [-0.1, -0.05) is 30.3 Å². The first-order valence-corrected chi connectivity index (χ1v) is 6.90. The topological polar surface area (TPSA) is 97.6 Å². The number of carboxylic acids is 1. The second-order valence-corrected chi connectivity index (χ2v) is 4.84. The third-order valence-corrected chi connectivity index (χ3v) is 3.20. The van der Waals surface area contributed by atoms with Crippen molar-refractivity contribution in [2.45, 2.75) is 19.6 Å². The number of amides is 1. The largest absolute Gasteiger partial charge is 0.480 e. The Morgan fingerprint density at radius 1 is 1.22 bits per heavy atom. The highest BCUT2D eigenvalue weighted by Crippen LogP contribution is 2.07. The Bertz CT molecular complexity index is 755. The molecular weight excluding hydrogens is 300 g/mol. The number of anilines is 1. The van der Waals surface area contributed by atoms with Crippen molar-refractivity contribution in [1.29, 1.82) is 0 Å². The summed E-state index contributed by atoms with van der Waals surface area (Å²) >= 11 is 0. The van der Waals surface area contributed by atoms with E-state index in [1.165, 1.54) is 25.3 Å². The molecule has 0 aliphatic heterocycles. The minimum absolute atomic E-state index is 0.0429. The summed E-state index contributed by atoms with van der Waals surface area (Å²) < 4.78 is 6.04. The zero-order valence-corrected chi connectivity index (χ0v) is 12.4. The minimum atomic E-state index is -1.14. The lowest BCUT2D eigenvalue weighted by atomic mass is 10.2. The summed E-state index contributed by atoms with van der Waals surface area (Å²) in [5.74, 6) is -1.14. The van der Waals surface area contributed by atoms with Crippen LogP contribution in [0.1, 0.15) is 18.5 Å². The quantitative estimate of drug-likeness (QED) is 0.881. The number of aromatic nitrogens is 1. The number of carbonyl (C=O) groups is 2. The summed E-state index contributed by atoms with van der Waals surface area (Å²) in [7, 11) is 0. The smallest absolute Gasteiger partial charge is 0.412 e. The molecule has 7 nitrogen and oxygen atoms in total. The number of aliphatic carboxylic acids is 1. The number of nitrogens with one attached hydrogen (secondary N) is 1. The Balaban J connectivity index is 2.05. The summed E-state index contributed by atoms with van der Waals surface area (Å²) in [5.41, 5.74) is 0.158. The standard InChI is InChI=1S/C16H16N2O5/c1-11(15(20)21)18-9-5-8-13(14(18)19)17-16(22)23-10-12-6-3-2-4-7-12/h2-9,11H,10H2,1H3,(H,17,22)(H,20,21). The van der Waals surface area contributed by atoms with Crippen LogP contribution in [0.15, 0.2) is 53.5 Å². The third kappa shape index (κ3) is 4.19. The van der Waals surface area contributed by atoms with Gasteiger partial charge in [0.25, 0.3) is 5.56 Å². The van der Waals surface area contributed by atoms with E-state index < -0.39 is 23.7 Å². The number of hydrogen-bond donors (Lipinski definition) is 2. The van der Waals surface area contributed by atoms with E-state index in [0.29, 0.717) is 0 Å². The average Bonchev–Trinajstić information content (AvgIpc) is 2.55. The highest BCUT2D eigenvalue weighted by molar-refractivity contribution is 5.84. The van der Waals surface area contributed by atoms with Crippen molar-refractivity contribution >= 4 is 17.7 Å². The fourth-order valence-corrected chi connectivity index (χ4v) is 1.90. The van der Waals surface area contributed by atoms with Crippen molar-refractivity contribution in [3.63, 3.8) is 0 Å². The van der Waals surface area contributed by atoms with Crippen molar-refractivity contribution in [1.82, 2.24) is 4.57 Å². The molecule has 2 aromatic rings. The molecule has 0 bridgehead atoms. The van der Waals surface area contributed by atoms with Gasteiger partial charge in [0, 0.05) is 6.20 Å². The predicted octanol–water partition coefficient (Wildman–Crippen LogP) is 2.24. The summed E-state index contributed by atoms with van der Waals surface area (Å²) in [5, 5.41) is 11.3. The van der Waals surface area contributed by atoms with Gasteiger partial charge in [-0.2, -0.15) is 0 Å². The van der Waals surface area contributed by atoms with Gasteiger partial charge in [-0.15, -0.1) is 0 Å². The SMILES string of the molecule is CC(C(=O)O)n1cccc(NC(=O)OCc2ccccc2)c1=O. The number of nitrogens with zero attached hydrogens (tertiary/aromatic N) is 1. The van der Waals surface area contributed by atoms with Crippen LogP contribution in [0.5, 0.6) is 0 Å². The van der Waals surface area contributed by atoms with E-state index in [2.05, 4.69) is 5.32 Å². The van der Waals surface area contributed by atoms with Crippen LogP contribution in [0.2, 0.25) is 0 Å². The van der Waals surface area contributed by atoms with E-state index >= 15 is 0 Å². The van der Waals surface area contributed by atoms with E-state index in [4.69, 9.17) is 9.84 Å². The van der Waals surface area contributed by atoms with Crippen LogP contribution in [-0.4, -0.2) is 21.7 Å². The molecule has 0 spiro atoms. The van der Waals surface area contributed by atoms with Gasteiger partial charge in [0.15, 0.2) is 0 Å². The van der Waals surface area contributed by atoms with Crippen molar-refractivity contribution in [2.24, 2.45) is 0 Å². The molecule has 1 heterocycles. The average molecular weight is 316 g/mol. The van der Waals surface area contributed by atoms with Gasteiger partial charge in [0.05, 0.1) is 0 Å². The van der Waals surface area contributed by atoms with Crippen LogP contribution < -0.4 is 10.9 Å². The number of ether oxygens (including phenoxy) is 1. The number of rotatable bonds is 5. The fourth-order valence-electron chi connectivity index (χ4n) is 1.90. The molecular formula is C16H16N2O5. The van der Waals surface area contributed by atoms with Crippen LogP contribution in [0.4, 0.5) is 10.5 Å². The molecule has 0 fully saturated rings. The second kappa shape index (κ2) is 7.26. The van der Waals surface area contributed by atoms with Crippen LogP contribution in [-0.2, 0) is 16.1 Å². The maximum Gasteiger partial charge on any atom is 0.412 e. The summed E-state index contributed by atoms with van der Waals surface area (Å²) in [4.78, 5) is 34.9. The molecule has 1 unspecified atom stereocenters. The molecule has 2 N–H and O–H groups in total. The van der Waals surface area contributed by atoms with Crippen LogP contribution in [0.25, 0.3) is 0 Å². The highest BCUT2D eigenvalue weighted by atomic mass is 16.5. The highest BCUT2D eigenvalue weighted by Gasteiger charge is 2.16. The van der Waals surface area contributed by atoms with Crippen molar-refractivity contribution in [3.8, 4) is 0 Å². The first-order valence-electron chi connectivity index (χ1n) is 6.90. The van der Waals surface area contributed by atoms with E-state index in [1.54, 1.807) is 12.1 Å². The number of carbonyl (C=O) groups excluding carboxylic acids is 1. The van der Waals surface area contributed by atoms with Gasteiger partial charge >= 0.3 is 12.1 Å². The molecule has 0 radical (unpaired) electrons. The monoisotopic (exact) mass is 316 g/mol. The van der Waals surface area contributed by atoms with Gasteiger partial charge < -0.3 is 9.84 Å². The minimum Gasteiger partial charge on any atom is -0.480 e. The third-order valence-electron chi connectivity index (χ3n) is 3.20. The molecule has 1 atom stereocenters. The Morgan fingerprint density at radius 2 is 1.91 bits per heavy atom. The van der Waals surface area contributed by atoms with E-state index in [-0.39, 0.29) is 12.3 Å². The van der Waals surface area contributed by atoms with E-state index in [0.717, 1.165) is 10.1 Å². The number of carboxylic acid groups (broad SMARTS) is 1. The van der Waals surface area contributed by atoms with Crippen molar-refractivity contribution in [2.75, 3.05) is 5.32 Å². The molecule has 1 amide bonds. The molecule has 0 aliphatic carbocycles. The van der Waals surface area contributed by atoms with Crippen molar-refractivity contribution < 1.29 is 19.4 Å². The van der Waals surface area contributed by atoms with E-state index in [1.807, 2.05) is 18.2 Å². The summed E-state index contributed by atoms with van der Waals surface area (Å²) in [6, 6.07) is 10.9. The number of hydrogen-bond acceptors (Lipinski definition) is 4. The lowest BCUT2D eigenvalue weighted by Gasteiger charge is -2.12. The molecule has 2 rings (SSSR count). The Morgan fingerprint density at radius 3 is 2.57 bits per heavy atom. The molecule has 1 aromatic heterocycles. The molecule has 120 valence electrons. The Labute approximate surface area is 132 Å². The first-order chi connectivity index (χ1) is 11.0. The Hall–Kier alpha value is -3.09. The van der Waals surface area contributed by atoms with Crippen molar-refractivity contribution in [3.05, 3.63) is 64.6 Å². The Kier molecular flexibility index (Phi) is 5.14. The van der Waals surface area contributed by atoms with Gasteiger partial charge in [-0.25, -0.2) is 9.59 Å². The fraction of sp³-hybridized carbons (Fsp3) is 0.188. The lowest BCUT2D eigenvalue weighted by Crippen LogP contribution is -2.30. The maximum atomic E-state index is 12.2. The number of benzene rings is 1. The second-order valence-electron chi connectivity index (χ2n) is 4.84. The number of pyridine rings is 1. The molecule has 7 heteroatoms. The molecule has 23 heavy (non-hydrogen) atoms. The normalized spacial score (nSPS) is 11.5. The molecule has 0 aliphatic rings. The molecule has 0 saturated heterocycles. The van der Waals surface area contributed by atoms with Gasteiger partial charge in [0.2, 0.25) is 0 Å². The summed E-state index contributed by atoms with van der Waals surface area (Å²) in [6.07, 6.45) is 0.563. The zero-order chi connectivity index (χ0) is 16.8. The predicted molar refractivity (Wildman–Crippen MR) is 83.3 cm³/mol. The first kappa shape index (κ1) is 16.3. The molecule has 1 aromatic carbocycles. The van der Waals surface area contributed by atoms with Gasteiger partial charge in [-0.05, 0) is 24.6 Å². The van der Waals surface area contributed by atoms with Crippen LogP contribution >= 0.6 is 0 Å². The molecule has 0 saturated carbocycles. The zero-order valence-electron chi connectivity index (χ0n) is 12.4. The van der Waals surface area contributed by atoms with Gasteiger partial charge in [0.1, 0.15) is 18.3 Å². The lowest BCUT2D eigenvalue weighted by molar-refractivity contribution is -0.140. The summed E-state index contributed by atoms with van der Waals surface area (Å²) in [6.45, 7) is 1.44. The van der Waals surface area contributed by atoms with Crippen LogP contribution in [0, 0.1) is 0 Å². The maximum absolute atomic E-state index is 12.2. The van der Waals surface area contributed by atoms with Crippen LogP contribution in [0.3, 0.4) is 0 Å².